The molecule has 2 N–H and O–H groups in total. The molecule has 2 aliphatic rings. The minimum atomic E-state index is 0.476. The van der Waals surface area contributed by atoms with E-state index in [1.54, 1.807) is 0 Å². The molecule has 3 unspecified atom stereocenters. The summed E-state index contributed by atoms with van der Waals surface area (Å²) in [5, 5.41) is 7.78. The Labute approximate surface area is 136 Å². The monoisotopic (exact) mass is 312 g/mol. The summed E-state index contributed by atoms with van der Waals surface area (Å²) in [5.41, 5.74) is 2.91. The van der Waals surface area contributed by atoms with Gasteiger partial charge < -0.3 is 15.5 Å². The molecule has 1 saturated heterocycles. The van der Waals surface area contributed by atoms with E-state index in [9.17, 15) is 0 Å². The number of likely N-dealkylation sites (tertiary alicyclic amines) is 1. The molecule has 2 bridgehead atoms. The number of rotatable bonds is 3. The zero-order valence-electron chi connectivity index (χ0n) is 14.2. The minimum Gasteiger partial charge on any atom is -0.372 e. The molecule has 1 aliphatic carbocycles. The van der Waals surface area contributed by atoms with Crippen LogP contribution in [0.15, 0.2) is 6.07 Å². The normalized spacial score (nSPS) is 26.9. The molecular formula is C17H24N6. The fourth-order valence-corrected chi connectivity index (χ4v) is 4.24. The van der Waals surface area contributed by atoms with E-state index >= 15 is 0 Å². The van der Waals surface area contributed by atoms with Gasteiger partial charge in [-0.2, -0.15) is 9.97 Å². The van der Waals surface area contributed by atoms with E-state index in [0.717, 1.165) is 28.1 Å². The summed E-state index contributed by atoms with van der Waals surface area (Å²) < 4.78 is 0. The van der Waals surface area contributed by atoms with Crippen molar-refractivity contribution in [1.29, 1.82) is 0 Å². The molecule has 6 heteroatoms. The molecule has 0 aromatic carbocycles. The van der Waals surface area contributed by atoms with Crippen LogP contribution in [0.5, 0.6) is 0 Å². The summed E-state index contributed by atoms with van der Waals surface area (Å²) in [7, 11) is 4.12. The van der Waals surface area contributed by atoms with E-state index in [0.29, 0.717) is 23.9 Å². The molecule has 2 aromatic rings. The van der Waals surface area contributed by atoms with Gasteiger partial charge in [-0.05, 0) is 51.3 Å². The van der Waals surface area contributed by atoms with Crippen molar-refractivity contribution in [3.63, 3.8) is 0 Å². The molecule has 1 aliphatic heterocycles. The van der Waals surface area contributed by atoms with Gasteiger partial charge in [0, 0.05) is 31.4 Å². The number of aryl methyl sites for hydroxylation is 2. The standard InChI is InChI=1S/C17H24N6/c1-9-5-10(2)19-16-14(9)15(18-3)21-17(22-16)20-13-7-12-6-11(13)8-23(12)4/h5,11-13H,6-8H2,1-4H3,(H2,18,19,20,21,22). The Hall–Kier alpha value is -1.95. The SMILES string of the molecule is CNc1nc(NC2CC3CC2CN3C)nc2nc(C)cc(C)c12. The maximum Gasteiger partial charge on any atom is 0.226 e. The van der Waals surface area contributed by atoms with Crippen molar-refractivity contribution in [3.8, 4) is 0 Å². The Morgan fingerprint density at radius 2 is 2.00 bits per heavy atom. The summed E-state index contributed by atoms with van der Waals surface area (Å²) in [6.07, 6.45) is 2.47. The largest absolute Gasteiger partial charge is 0.372 e. The van der Waals surface area contributed by atoms with Crippen LogP contribution < -0.4 is 10.6 Å². The zero-order valence-corrected chi connectivity index (χ0v) is 14.2. The van der Waals surface area contributed by atoms with Gasteiger partial charge in [0.15, 0.2) is 5.65 Å². The van der Waals surface area contributed by atoms with Crippen LogP contribution in [0.25, 0.3) is 11.0 Å². The van der Waals surface area contributed by atoms with Gasteiger partial charge in [0.1, 0.15) is 5.82 Å². The van der Waals surface area contributed by atoms with E-state index in [1.165, 1.54) is 19.4 Å². The highest BCUT2D eigenvalue weighted by molar-refractivity contribution is 5.90. The lowest BCUT2D eigenvalue weighted by Gasteiger charge is -2.29. The fourth-order valence-electron chi connectivity index (χ4n) is 4.24. The number of anilines is 2. The fraction of sp³-hybridized carbons (Fsp3) is 0.588. The van der Waals surface area contributed by atoms with Crippen LogP contribution in [0, 0.1) is 19.8 Å². The molecule has 23 heavy (non-hydrogen) atoms. The van der Waals surface area contributed by atoms with Gasteiger partial charge in [0.2, 0.25) is 5.95 Å². The molecule has 6 nitrogen and oxygen atoms in total. The maximum absolute atomic E-state index is 4.69. The van der Waals surface area contributed by atoms with Crippen LogP contribution >= 0.6 is 0 Å². The minimum absolute atomic E-state index is 0.476. The lowest BCUT2D eigenvalue weighted by atomic mass is 10.0. The van der Waals surface area contributed by atoms with Gasteiger partial charge in [0.25, 0.3) is 0 Å². The first-order chi connectivity index (χ1) is 11.0. The number of nitrogens with zero attached hydrogens (tertiary/aromatic N) is 4. The third-order valence-electron chi connectivity index (χ3n) is 5.36. The van der Waals surface area contributed by atoms with Crippen molar-refractivity contribution in [3.05, 3.63) is 17.3 Å². The van der Waals surface area contributed by atoms with Crippen LogP contribution in [0.2, 0.25) is 0 Å². The van der Waals surface area contributed by atoms with Gasteiger partial charge in [-0.3, -0.25) is 0 Å². The Kier molecular flexibility index (Phi) is 3.37. The first-order valence-corrected chi connectivity index (χ1v) is 8.35. The average molecular weight is 312 g/mol. The van der Waals surface area contributed by atoms with Crippen LogP contribution in [-0.2, 0) is 0 Å². The number of aromatic nitrogens is 3. The van der Waals surface area contributed by atoms with Crippen LogP contribution in [-0.4, -0.2) is 52.6 Å². The van der Waals surface area contributed by atoms with E-state index in [1.807, 2.05) is 14.0 Å². The van der Waals surface area contributed by atoms with Gasteiger partial charge in [-0.15, -0.1) is 0 Å². The molecule has 1 saturated carbocycles. The van der Waals surface area contributed by atoms with E-state index in [2.05, 4.69) is 50.5 Å². The number of hydrogen-bond acceptors (Lipinski definition) is 6. The predicted molar refractivity (Wildman–Crippen MR) is 92.9 cm³/mol. The number of fused-ring (bicyclic) bond motifs is 3. The lowest BCUT2D eigenvalue weighted by molar-refractivity contribution is 0.250. The average Bonchev–Trinajstić information content (AvgIpc) is 3.04. The molecule has 3 atom stereocenters. The van der Waals surface area contributed by atoms with Crippen molar-refractivity contribution < 1.29 is 0 Å². The molecular weight excluding hydrogens is 288 g/mol. The summed E-state index contributed by atoms with van der Waals surface area (Å²) in [4.78, 5) is 16.4. The van der Waals surface area contributed by atoms with Crippen molar-refractivity contribution in [1.82, 2.24) is 19.9 Å². The third kappa shape index (κ3) is 2.41. The number of pyridine rings is 1. The van der Waals surface area contributed by atoms with Gasteiger partial charge in [0.05, 0.1) is 5.39 Å². The second-order valence-electron chi connectivity index (χ2n) is 7.00. The van der Waals surface area contributed by atoms with Gasteiger partial charge in [-0.1, -0.05) is 0 Å². The van der Waals surface area contributed by atoms with Crippen molar-refractivity contribution in [2.45, 2.75) is 38.8 Å². The summed E-state index contributed by atoms with van der Waals surface area (Å²) in [6.45, 7) is 5.26. The first kappa shape index (κ1) is 14.6. The Balaban J connectivity index is 1.68. The van der Waals surface area contributed by atoms with Crippen LogP contribution in [0.3, 0.4) is 0 Å². The lowest BCUT2D eigenvalue weighted by Crippen LogP contribution is -2.38. The van der Waals surface area contributed by atoms with Crippen molar-refractivity contribution in [2.24, 2.45) is 5.92 Å². The Morgan fingerprint density at radius 3 is 2.65 bits per heavy atom. The quantitative estimate of drug-likeness (QED) is 0.905. The molecule has 3 heterocycles. The molecule has 0 amide bonds. The second-order valence-corrected chi connectivity index (χ2v) is 7.00. The highest BCUT2D eigenvalue weighted by Crippen LogP contribution is 2.38. The summed E-state index contributed by atoms with van der Waals surface area (Å²) >= 11 is 0. The Bertz CT molecular complexity index is 756. The zero-order chi connectivity index (χ0) is 16.1. The predicted octanol–water partition coefficient (Wildman–Crippen LogP) is 2.19. The van der Waals surface area contributed by atoms with Crippen molar-refractivity contribution >= 4 is 22.8 Å². The molecule has 2 fully saturated rings. The maximum atomic E-state index is 4.69. The van der Waals surface area contributed by atoms with E-state index < -0.39 is 0 Å². The van der Waals surface area contributed by atoms with E-state index in [4.69, 9.17) is 0 Å². The smallest absolute Gasteiger partial charge is 0.226 e. The topological polar surface area (TPSA) is 66.0 Å². The number of piperidine rings is 1. The summed E-state index contributed by atoms with van der Waals surface area (Å²) in [5.74, 6) is 2.25. The van der Waals surface area contributed by atoms with Crippen LogP contribution in [0.1, 0.15) is 24.1 Å². The molecule has 2 aromatic heterocycles. The number of nitrogens with one attached hydrogen (secondary N) is 2. The summed E-state index contributed by atoms with van der Waals surface area (Å²) in [6, 6.07) is 3.26. The van der Waals surface area contributed by atoms with Crippen molar-refractivity contribution in [2.75, 3.05) is 31.3 Å². The van der Waals surface area contributed by atoms with E-state index in [-0.39, 0.29) is 0 Å². The second kappa shape index (κ2) is 5.30. The third-order valence-corrected chi connectivity index (χ3v) is 5.36. The molecule has 122 valence electrons. The van der Waals surface area contributed by atoms with Gasteiger partial charge >= 0.3 is 0 Å². The molecule has 4 rings (SSSR count). The van der Waals surface area contributed by atoms with Crippen LogP contribution in [0.4, 0.5) is 11.8 Å². The molecule has 0 radical (unpaired) electrons. The number of hydrogen-bond donors (Lipinski definition) is 2. The Morgan fingerprint density at radius 1 is 1.17 bits per heavy atom. The highest BCUT2D eigenvalue weighted by atomic mass is 15.2. The highest BCUT2D eigenvalue weighted by Gasteiger charge is 2.43. The molecule has 0 spiro atoms. The van der Waals surface area contributed by atoms with Gasteiger partial charge in [-0.25, -0.2) is 4.98 Å². The first-order valence-electron chi connectivity index (χ1n) is 8.35.